The number of hydrogen-bond acceptors (Lipinski definition) is 4. The van der Waals surface area contributed by atoms with E-state index in [9.17, 15) is 14.9 Å². The predicted molar refractivity (Wildman–Crippen MR) is 86.2 cm³/mol. The maximum absolute atomic E-state index is 12.3. The van der Waals surface area contributed by atoms with Crippen LogP contribution in [0.5, 0.6) is 0 Å². The molecule has 124 valence electrons. The van der Waals surface area contributed by atoms with E-state index < -0.39 is 4.92 Å². The van der Waals surface area contributed by atoms with E-state index >= 15 is 0 Å². The molecule has 0 bridgehead atoms. The van der Waals surface area contributed by atoms with Crippen LogP contribution in [0.4, 0.5) is 5.82 Å². The molecule has 1 heterocycles. The lowest BCUT2D eigenvalue weighted by molar-refractivity contribution is -0.391. The van der Waals surface area contributed by atoms with Crippen molar-refractivity contribution < 1.29 is 9.72 Å². The second kappa shape index (κ2) is 8.14. The maximum Gasteiger partial charge on any atom is 0.323 e. The fraction of sp³-hybridized carbons (Fsp3) is 0.643. The predicted octanol–water partition coefficient (Wildman–Crippen LogP) is 1.99. The van der Waals surface area contributed by atoms with Gasteiger partial charge in [0, 0.05) is 18.7 Å². The Morgan fingerprint density at radius 3 is 2.59 bits per heavy atom. The number of carbonyl (C=O) groups is 1. The van der Waals surface area contributed by atoms with Gasteiger partial charge in [-0.2, -0.15) is 0 Å². The molecule has 7 nitrogen and oxygen atoms in total. The molecule has 1 aromatic rings. The van der Waals surface area contributed by atoms with Gasteiger partial charge in [-0.1, -0.05) is 19.3 Å². The number of nitrogens with two attached hydrogens (primary N) is 1. The lowest BCUT2D eigenvalue weighted by Gasteiger charge is -2.29. The van der Waals surface area contributed by atoms with Crippen LogP contribution in [-0.4, -0.2) is 28.0 Å². The molecule has 1 aliphatic carbocycles. The minimum absolute atomic E-state index is 0. The lowest BCUT2D eigenvalue weighted by Crippen LogP contribution is -2.46. The average molecular weight is 331 g/mol. The molecule has 2 rings (SSSR count). The number of carbonyl (C=O) groups excluding carboxylic acids is 1. The Kier molecular flexibility index (Phi) is 6.83. The summed E-state index contributed by atoms with van der Waals surface area (Å²) in [5.41, 5.74) is 6.08. The molecule has 1 aliphatic rings. The highest BCUT2D eigenvalue weighted by Gasteiger charge is 2.27. The van der Waals surface area contributed by atoms with E-state index in [0.717, 1.165) is 12.8 Å². The third kappa shape index (κ3) is 3.98. The largest absolute Gasteiger partial charge is 0.358 e. The second-order valence-corrected chi connectivity index (χ2v) is 5.61. The molecular weight excluding hydrogens is 308 g/mol. The van der Waals surface area contributed by atoms with E-state index in [1.807, 2.05) is 0 Å². The smallest absolute Gasteiger partial charge is 0.323 e. The van der Waals surface area contributed by atoms with E-state index in [1.165, 1.54) is 43.0 Å². The zero-order chi connectivity index (χ0) is 15.4. The quantitative estimate of drug-likeness (QED) is 0.636. The summed E-state index contributed by atoms with van der Waals surface area (Å²) in [5.74, 6) is 0.0108. The Labute approximate surface area is 135 Å². The van der Waals surface area contributed by atoms with Gasteiger partial charge in [0.05, 0.1) is 7.05 Å². The van der Waals surface area contributed by atoms with Gasteiger partial charge in [0.1, 0.15) is 0 Å². The summed E-state index contributed by atoms with van der Waals surface area (Å²) in [7, 11) is 1.52. The van der Waals surface area contributed by atoms with Gasteiger partial charge >= 0.3 is 5.82 Å². The highest BCUT2D eigenvalue weighted by molar-refractivity contribution is 5.93. The van der Waals surface area contributed by atoms with Crippen molar-refractivity contribution in [3.63, 3.8) is 0 Å². The molecule has 8 heteroatoms. The molecular formula is C14H23ClN4O3. The summed E-state index contributed by atoms with van der Waals surface area (Å²) in [6.07, 6.45) is 5.75. The lowest BCUT2D eigenvalue weighted by atomic mass is 9.84. The monoisotopic (exact) mass is 330 g/mol. The van der Waals surface area contributed by atoms with Crippen LogP contribution in [-0.2, 0) is 7.05 Å². The fourth-order valence-corrected chi connectivity index (χ4v) is 3.06. The van der Waals surface area contributed by atoms with E-state index in [1.54, 1.807) is 0 Å². The van der Waals surface area contributed by atoms with Crippen molar-refractivity contribution in [1.82, 2.24) is 9.88 Å². The SMILES string of the molecule is Cl.Cn1c(C(=O)NC(CN)C2CCCCC2)ccc1[N+](=O)[O-]. The van der Waals surface area contributed by atoms with Crippen molar-refractivity contribution in [3.05, 3.63) is 27.9 Å². The Hall–Kier alpha value is -1.60. The molecule has 22 heavy (non-hydrogen) atoms. The van der Waals surface area contributed by atoms with E-state index in [0.29, 0.717) is 12.5 Å². The third-order valence-electron chi connectivity index (χ3n) is 4.30. The van der Waals surface area contributed by atoms with Gasteiger partial charge in [0.15, 0.2) is 5.69 Å². The van der Waals surface area contributed by atoms with Gasteiger partial charge in [-0.05, 0) is 29.7 Å². The number of nitrogens with one attached hydrogen (secondary N) is 1. The number of rotatable bonds is 5. The number of nitro groups is 1. The number of hydrogen-bond donors (Lipinski definition) is 2. The summed E-state index contributed by atoms with van der Waals surface area (Å²) in [4.78, 5) is 22.6. The van der Waals surface area contributed by atoms with E-state index in [4.69, 9.17) is 5.73 Å². The molecule has 0 aromatic carbocycles. The van der Waals surface area contributed by atoms with Crippen LogP contribution in [0.2, 0.25) is 0 Å². The Morgan fingerprint density at radius 2 is 2.09 bits per heavy atom. The van der Waals surface area contributed by atoms with Crippen molar-refractivity contribution in [3.8, 4) is 0 Å². The van der Waals surface area contributed by atoms with Crippen LogP contribution in [0.1, 0.15) is 42.6 Å². The first kappa shape index (κ1) is 18.4. The molecule has 0 aliphatic heterocycles. The molecule has 1 atom stereocenters. The third-order valence-corrected chi connectivity index (χ3v) is 4.30. The average Bonchev–Trinajstić information content (AvgIpc) is 2.87. The number of nitrogens with zero attached hydrogens (tertiary/aromatic N) is 2. The Balaban J connectivity index is 0.00000242. The molecule has 1 aromatic heterocycles. The summed E-state index contributed by atoms with van der Waals surface area (Å²) in [5, 5.41) is 13.8. The first-order chi connectivity index (χ1) is 10.0. The van der Waals surface area contributed by atoms with Crippen LogP contribution in [0.3, 0.4) is 0 Å². The highest BCUT2D eigenvalue weighted by Crippen LogP contribution is 2.26. The molecule has 1 saturated carbocycles. The number of amides is 1. The highest BCUT2D eigenvalue weighted by atomic mass is 35.5. The van der Waals surface area contributed by atoms with Crippen molar-refractivity contribution in [2.75, 3.05) is 6.54 Å². The first-order valence-corrected chi connectivity index (χ1v) is 7.35. The second-order valence-electron chi connectivity index (χ2n) is 5.61. The van der Waals surface area contributed by atoms with Gasteiger partial charge in [-0.25, -0.2) is 4.57 Å². The molecule has 1 unspecified atom stereocenters. The Morgan fingerprint density at radius 1 is 1.45 bits per heavy atom. The standard InChI is InChI=1S/C14H22N4O3.ClH/c1-17-12(7-8-13(17)18(20)21)14(19)16-11(9-15)10-5-3-2-4-6-10;/h7-8,10-11H,2-6,9,15H2,1H3,(H,16,19);1H. The minimum Gasteiger partial charge on any atom is -0.358 e. The minimum atomic E-state index is -0.502. The zero-order valence-electron chi connectivity index (χ0n) is 12.7. The molecule has 0 spiro atoms. The van der Waals surface area contributed by atoms with Crippen molar-refractivity contribution in [2.45, 2.75) is 38.1 Å². The number of halogens is 1. The summed E-state index contributed by atoms with van der Waals surface area (Å²) in [6, 6.07) is 2.75. The molecule has 3 N–H and O–H groups in total. The fourth-order valence-electron chi connectivity index (χ4n) is 3.06. The maximum atomic E-state index is 12.3. The van der Waals surface area contributed by atoms with Gasteiger partial charge in [0.2, 0.25) is 0 Å². The van der Waals surface area contributed by atoms with Crippen LogP contribution in [0, 0.1) is 16.0 Å². The van der Waals surface area contributed by atoms with Crippen molar-refractivity contribution in [1.29, 1.82) is 0 Å². The van der Waals surface area contributed by atoms with Crippen LogP contribution in [0.25, 0.3) is 0 Å². The van der Waals surface area contributed by atoms with Crippen LogP contribution >= 0.6 is 12.4 Å². The van der Waals surface area contributed by atoms with Crippen LogP contribution in [0.15, 0.2) is 12.1 Å². The zero-order valence-corrected chi connectivity index (χ0v) is 13.5. The van der Waals surface area contributed by atoms with Crippen molar-refractivity contribution >= 4 is 24.1 Å². The van der Waals surface area contributed by atoms with E-state index in [2.05, 4.69) is 5.32 Å². The first-order valence-electron chi connectivity index (χ1n) is 7.35. The Bertz CT molecular complexity index is 526. The number of aromatic nitrogens is 1. The normalized spacial score (nSPS) is 16.6. The van der Waals surface area contributed by atoms with Crippen molar-refractivity contribution in [2.24, 2.45) is 18.7 Å². The summed E-state index contributed by atoms with van der Waals surface area (Å²) < 4.78 is 1.30. The van der Waals surface area contributed by atoms with Crippen LogP contribution < -0.4 is 11.1 Å². The summed E-state index contributed by atoms with van der Waals surface area (Å²) >= 11 is 0. The molecule has 0 radical (unpaired) electrons. The summed E-state index contributed by atoms with van der Waals surface area (Å²) in [6.45, 7) is 0.392. The molecule has 1 amide bonds. The van der Waals surface area contributed by atoms with E-state index in [-0.39, 0.29) is 35.9 Å². The molecule has 0 saturated heterocycles. The topological polar surface area (TPSA) is 103 Å². The van der Waals surface area contributed by atoms with Gasteiger partial charge in [-0.15, -0.1) is 12.4 Å². The van der Waals surface area contributed by atoms with Gasteiger partial charge in [-0.3, -0.25) is 4.79 Å². The van der Waals surface area contributed by atoms with Gasteiger partial charge < -0.3 is 21.2 Å². The van der Waals surface area contributed by atoms with Gasteiger partial charge in [0.25, 0.3) is 5.91 Å². The molecule has 1 fully saturated rings.